The van der Waals surface area contributed by atoms with Gasteiger partial charge in [0.25, 0.3) is 0 Å². The zero-order valence-corrected chi connectivity index (χ0v) is 9.68. The Morgan fingerprint density at radius 2 is 1.94 bits per heavy atom. The SMILES string of the molecule is COc1ccc(CC(=O)Cc2ccco2)cc1. The van der Waals surface area contributed by atoms with Crippen molar-refractivity contribution in [1.29, 1.82) is 0 Å². The zero-order chi connectivity index (χ0) is 12.1. The van der Waals surface area contributed by atoms with Crippen LogP contribution in [-0.2, 0) is 17.6 Å². The molecule has 1 aromatic heterocycles. The minimum absolute atomic E-state index is 0.144. The number of ether oxygens (including phenoxy) is 1. The van der Waals surface area contributed by atoms with E-state index >= 15 is 0 Å². The minimum Gasteiger partial charge on any atom is -0.497 e. The predicted molar refractivity (Wildman–Crippen MR) is 64.1 cm³/mol. The van der Waals surface area contributed by atoms with E-state index in [0.717, 1.165) is 11.3 Å². The van der Waals surface area contributed by atoms with Gasteiger partial charge in [-0.05, 0) is 29.8 Å². The number of carbonyl (C=O) groups is 1. The molecule has 1 aromatic carbocycles. The van der Waals surface area contributed by atoms with Gasteiger partial charge in [0, 0.05) is 6.42 Å². The number of furan rings is 1. The van der Waals surface area contributed by atoms with Gasteiger partial charge in [-0.1, -0.05) is 12.1 Å². The topological polar surface area (TPSA) is 39.4 Å². The predicted octanol–water partition coefficient (Wildman–Crippen LogP) is 2.64. The molecule has 0 saturated heterocycles. The first-order chi connectivity index (χ1) is 8.28. The highest BCUT2D eigenvalue weighted by molar-refractivity contribution is 5.82. The third-order valence-corrected chi connectivity index (χ3v) is 2.51. The van der Waals surface area contributed by atoms with Crippen LogP contribution in [0.5, 0.6) is 5.75 Å². The lowest BCUT2D eigenvalue weighted by Crippen LogP contribution is -2.05. The third-order valence-electron chi connectivity index (χ3n) is 2.51. The van der Waals surface area contributed by atoms with E-state index in [-0.39, 0.29) is 5.78 Å². The Labute approximate surface area is 100 Å². The van der Waals surface area contributed by atoms with Crippen LogP contribution in [-0.4, -0.2) is 12.9 Å². The molecule has 0 amide bonds. The van der Waals surface area contributed by atoms with Gasteiger partial charge in [0.1, 0.15) is 17.3 Å². The van der Waals surface area contributed by atoms with E-state index in [1.165, 1.54) is 0 Å². The Morgan fingerprint density at radius 1 is 1.18 bits per heavy atom. The van der Waals surface area contributed by atoms with Gasteiger partial charge in [-0.2, -0.15) is 0 Å². The van der Waals surface area contributed by atoms with Crippen LogP contribution in [0.15, 0.2) is 47.1 Å². The number of benzene rings is 1. The number of hydrogen-bond donors (Lipinski definition) is 0. The molecule has 0 aliphatic rings. The van der Waals surface area contributed by atoms with Crippen LogP contribution in [0.2, 0.25) is 0 Å². The molecule has 88 valence electrons. The summed E-state index contributed by atoms with van der Waals surface area (Å²) in [5, 5.41) is 0. The molecule has 0 fully saturated rings. The van der Waals surface area contributed by atoms with Gasteiger partial charge in [-0.3, -0.25) is 4.79 Å². The lowest BCUT2D eigenvalue weighted by atomic mass is 10.1. The summed E-state index contributed by atoms with van der Waals surface area (Å²) < 4.78 is 10.2. The Kier molecular flexibility index (Phi) is 3.60. The second-order valence-electron chi connectivity index (χ2n) is 3.82. The molecule has 2 aromatic rings. The standard InChI is InChI=1S/C14H14O3/c1-16-13-6-4-11(5-7-13)9-12(15)10-14-3-2-8-17-14/h2-8H,9-10H2,1H3. The number of Topliss-reactive ketones (excluding diaryl/α,β-unsaturated/α-hetero) is 1. The fraction of sp³-hybridized carbons (Fsp3) is 0.214. The van der Waals surface area contributed by atoms with E-state index in [0.29, 0.717) is 18.6 Å². The fourth-order valence-corrected chi connectivity index (χ4v) is 1.64. The maximum absolute atomic E-state index is 11.7. The van der Waals surface area contributed by atoms with E-state index in [1.54, 1.807) is 19.4 Å². The van der Waals surface area contributed by atoms with Gasteiger partial charge >= 0.3 is 0 Å². The molecule has 0 bridgehead atoms. The molecule has 0 saturated carbocycles. The van der Waals surface area contributed by atoms with Crippen LogP contribution in [0.25, 0.3) is 0 Å². The van der Waals surface area contributed by atoms with Crippen molar-refractivity contribution in [3.8, 4) is 5.75 Å². The van der Waals surface area contributed by atoms with Crippen molar-refractivity contribution in [3.63, 3.8) is 0 Å². The first-order valence-corrected chi connectivity index (χ1v) is 5.45. The Morgan fingerprint density at radius 3 is 2.53 bits per heavy atom. The molecule has 3 heteroatoms. The van der Waals surface area contributed by atoms with E-state index in [4.69, 9.17) is 9.15 Å². The summed E-state index contributed by atoms with van der Waals surface area (Å²) in [6, 6.07) is 11.1. The highest BCUT2D eigenvalue weighted by atomic mass is 16.5. The first-order valence-electron chi connectivity index (χ1n) is 5.45. The molecule has 0 N–H and O–H groups in total. The van der Waals surface area contributed by atoms with Gasteiger partial charge in [0.15, 0.2) is 0 Å². The van der Waals surface area contributed by atoms with E-state index in [9.17, 15) is 4.79 Å². The average molecular weight is 230 g/mol. The molecule has 1 heterocycles. The molecule has 0 atom stereocenters. The fourth-order valence-electron chi connectivity index (χ4n) is 1.64. The molecule has 0 spiro atoms. The number of carbonyl (C=O) groups excluding carboxylic acids is 1. The van der Waals surface area contributed by atoms with Crippen molar-refractivity contribution in [3.05, 3.63) is 54.0 Å². The average Bonchev–Trinajstić information content (AvgIpc) is 2.82. The summed E-state index contributed by atoms with van der Waals surface area (Å²) in [5.41, 5.74) is 0.988. The van der Waals surface area contributed by atoms with Crippen molar-refractivity contribution in [2.75, 3.05) is 7.11 Å². The quantitative estimate of drug-likeness (QED) is 0.792. The maximum Gasteiger partial charge on any atom is 0.144 e. The van der Waals surface area contributed by atoms with Crippen LogP contribution < -0.4 is 4.74 Å². The van der Waals surface area contributed by atoms with Gasteiger partial charge < -0.3 is 9.15 Å². The monoisotopic (exact) mass is 230 g/mol. The van der Waals surface area contributed by atoms with Crippen LogP contribution in [0, 0.1) is 0 Å². The van der Waals surface area contributed by atoms with Crippen molar-refractivity contribution in [2.24, 2.45) is 0 Å². The summed E-state index contributed by atoms with van der Waals surface area (Å²) in [6.07, 6.45) is 2.35. The second-order valence-corrected chi connectivity index (χ2v) is 3.82. The molecule has 3 nitrogen and oxygen atoms in total. The zero-order valence-electron chi connectivity index (χ0n) is 9.68. The normalized spacial score (nSPS) is 10.2. The van der Waals surface area contributed by atoms with Crippen molar-refractivity contribution in [2.45, 2.75) is 12.8 Å². The summed E-state index contributed by atoms with van der Waals surface area (Å²) in [7, 11) is 1.62. The number of rotatable bonds is 5. The van der Waals surface area contributed by atoms with Gasteiger partial charge in [0.05, 0.1) is 19.8 Å². The Hall–Kier alpha value is -2.03. The molecular formula is C14H14O3. The lowest BCUT2D eigenvalue weighted by molar-refractivity contribution is -0.118. The molecule has 0 aliphatic carbocycles. The molecule has 0 aliphatic heterocycles. The molecule has 2 rings (SSSR count). The molecule has 0 unspecified atom stereocenters. The van der Waals surface area contributed by atoms with E-state index < -0.39 is 0 Å². The Balaban J connectivity index is 1.93. The van der Waals surface area contributed by atoms with E-state index in [2.05, 4.69) is 0 Å². The molecule has 17 heavy (non-hydrogen) atoms. The van der Waals surface area contributed by atoms with Crippen molar-refractivity contribution < 1.29 is 13.9 Å². The summed E-state index contributed by atoms with van der Waals surface area (Å²) in [5.74, 6) is 1.65. The van der Waals surface area contributed by atoms with Crippen LogP contribution in [0.1, 0.15) is 11.3 Å². The minimum atomic E-state index is 0.144. The smallest absolute Gasteiger partial charge is 0.144 e. The first kappa shape index (κ1) is 11.5. The lowest BCUT2D eigenvalue weighted by Gasteiger charge is -2.02. The highest BCUT2D eigenvalue weighted by Gasteiger charge is 2.07. The van der Waals surface area contributed by atoms with Gasteiger partial charge in [-0.25, -0.2) is 0 Å². The highest BCUT2D eigenvalue weighted by Crippen LogP contribution is 2.12. The second kappa shape index (κ2) is 5.34. The van der Waals surface area contributed by atoms with Crippen molar-refractivity contribution >= 4 is 5.78 Å². The number of hydrogen-bond acceptors (Lipinski definition) is 3. The number of ketones is 1. The van der Waals surface area contributed by atoms with Crippen molar-refractivity contribution in [1.82, 2.24) is 0 Å². The molecule has 0 radical (unpaired) electrons. The molecular weight excluding hydrogens is 216 g/mol. The van der Waals surface area contributed by atoms with Crippen LogP contribution in [0.3, 0.4) is 0 Å². The van der Waals surface area contributed by atoms with E-state index in [1.807, 2.05) is 30.3 Å². The largest absolute Gasteiger partial charge is 0.497 e. The maximum atomic E-state index is 11.7. The summed E-state index contributed by atoms with van der Waals surface area (Å²) in [4.78, 5) is 11.7. The van der Waals surface area contributed by atoms with Gasteiger partial charge in [-0.15, -0.1) is 0 Å². The summed E-state index contributed by atoms with van der Waals surface area (Å²) >= 11 is 0. The summed E-state index contributed by atoms with van der Waals surface area (Å²) in [6.45, 7) is 0. The third kappa shape index (κ3) is 3.21. The number of methoxy groups -OCH3 is 1. The van der Waals surface area contributed by atoms with Crippen LogP contribution in [0.4, 0.5) is 0 Å². The Bertz CT molecular complexity index is 469. The van der Waals surface area contributed by atoms with Crippen LogP contribution >= 0.6 is 0 Å². The van der Waals surface area contributed by atoms with Gasteiger partial charge in [0.2, 0.25) is 0 Å².